The van der Waals surface area contributed by atoms with Crippen molar-refractivity contribution in [3.8, 4) is 0 Å². The highest BCUT2D eigenvalue weighted by molar-refractivity contribution is 7.86. The minimum atomic E-state index is -3.28. The van der Waals surface area contributed by atoms with Crippen LogP contribution in [0.5, 0.6) is 0 Å². The lowest BCUT2D eigenvalue weighted by atomic mass is 10.2. The normalized spacial score (nSPS) is 23.0. The molecule has 3 rings (SSSR count). The van der Waals surface area contributed by atoms with Crippen molar-refractivity contribution >= 4 is 10.2 Å². The first-order chi connectivity index (χ1) is 11.1. The molecule has 130 valence electrons. The van der Waals surface area contributed by atoms with E-state index in [0.29, 0.717) is 26.2 Å². The van der Waals surface area contributed by atoms with E-state index < -0.39 is 10.2 Å². The van der Waals surface area contributed by atoms with Gasteiger partial charge in [0, 0.05) is 52.5 Å². The van der Waals surface area contributed by atoms with Gasteiger partial charge in [-0.1, -0.05) is 6.42 Å². The van der Waals surface area contributed by atoms with Crippen LogP contribution in [-0.2, 0) is 23.8 Å². The predicted molar refractivity (Wildman–Crippen MR) is 89.0 cm³/mol. The van der Waals surface area contributed by atoms with E-state index in [1.54, 1.807) is 14.8 Å². The van der Waals surface area contributed by atoms with Crippen LogP contribution in [0.3, 0.4) is 0 Å². The Balaban J connectivity index is 1.60. The van der Waals surface area contributed by atoms with Gasteiger partial charge >= 0.3 is 0 Å². The number of aryl methyl sites for hydroxylation is 1. The van der Waals surface area contributed by atoms with E-state index in [4.69, 9.17) is 0 Å². The van der Waals surface area contributed by atoms with Gasteiger partial charge in [-0.3, -0.25) is 9.58 Å². The van der Waals surface area contributed by atoms with E-state index in [2.05, 4.69) is 10.00 Å². The summed E-state index contributed by atoms with van der Waals surface area (Å²) in [5.74, 6) is 0. The first-order valence-corrected chi connectivity index (χ1v) is 9.91. The monoisotopic (exact) mass is 341 g/mol. The number of hydrogen-bond donors (Lipinski definition) is 0. The van der Waals surface area contributed by atoms with Gasteiger partial charge in [-0.15, -0.1) is 0 Å². The summed E-state index contributed by atoms with van der Waals surface area (Å²) in [5.41, 5.74) is 1.16. The van der Waals surface area contributed by atoms with Crippen molar-refractivity contribution in [1.29, 1.82) is 0 Å². The van der Waals surface area contributed by atoms with Crippen LogP contribution in [0.25, 0.3) is 0 Å². The number of rotatable bonds is 4. The molecule has 7 nitrogen and oxygen atoms in total. The summed E-state index contributed by atoms with van der Waals surface area (Å²) in [5, 5.41) is 4.20. The lowest BCUT2D eigenvalue weighted by Gasteiger charge is -2.31. The van der Waals surface area contributed by atoms with Crippen LogP contribution in [0.1, 0.15) is 31.4 Å². The Hall–Kier alpha value is -0.960. The van der Waals surface area contributed by atoms with Gasteiger partial charge < -0.3 is 0 Å². The van der Waals surface area contributed by atoms with E-state index in [-0.39, 0.29) is 0 Å². The summed E-state index contributed by atoms with van der Waals surface area (Å²) >= 11 is 0. The minimum Gasteiger partial charge on any atom is -0.296 e. The second kappa shape index (κ2) is 7.29. The minimum absolute atomic E-state index is 0.580. The maximum absolute atomic E-state index is 12.8. The van der Waals surface area contributed by atoms with Crippen molar-refractivity contribution in [2.45, 2.75) is 32.2 Å². The molecular formula is C15H27N5O2S. The number of nitrogens with zero attached hydrogens (tertiary/aromatic N) is 5. The lowest BCUT2D eigenvalue weighted by molar-refractivity contribution is 0.266. The van der Waals surface area contributed by atoms with Crippen LogP contribution in [0.4, 0.5) is 0 Å². The Bertz CT molecular complexity index is 609. The Labute approximate surface area is 139 Å². The van der Waals surface area contributed by atoms with Gasteiger partial charge in [-0.05, 0) is 31.9 Å². The Kier molecular flexibility index (Phi) is 5.35. The molecule has 3 heterocycles. The predicted octanol–water partition coefficient (Wildman–Crippen LogP) is 0.659. The third kappa shape index (κ3) is 3.93. The van der Waals surface area contributed by atoms with Crippen molar-refractivity contribution in [1.82, 2.24) is 23.3 Å². The average molecular weight is 341 g/mol. The van der Waals surface area contributed by atoms with E-state index in [9.17, 15) is 8.42 Å². The molecular weight excluding hydrogens is 314 g/mol. The van der Waals surface area contributed by atoms with Crippen molar-refractivity contribution in [3.05, 3.63) is 18.0 Å². The van der Waals surface area contributed by atoms with Gasteiger partial charge in [-0.2, -0.15) is 22.1 Å². The molecule has 0 unspecified atom stereocenters. The fourth-order valence-corrected chi connectivity index (χ4v) is 5.10. The summed E-state index contributed by atoms with van der Waals surface area (Å²) in [6, 6.07) is 2.02. The fourth-order valence-electron chi connectivity index (χ4n) is 3.38. The third-order valence-corrected chi connectivity index (χ3v) is 6.86. The molecule has 0 amide bonds. The molecule has 0 saturated carbocycles. The SMILES string of the molecule is Cn1nccc1CN1CCCN(S(=O)(=O)N2CCCCC2)CC1. The molecule has 23 heavy (non-hydrogen) atoms. The summed E-state index contributed by atoms with van der Waals surface area (Å²) in [6.07, 6.45) is 5.80. The highest BCUT2D eigenvalue weighted by Gasteiger charge is 2.31. The van der Waals surface area contributed by atoms with Gasteiger partial charge in [0.05, 0.1) is 5.69 Å². The topological polar surface area (TPSA) is 61.7 Å². The Morgan fingerprint density at radius 1 is 0.957 bits per heavy atom. The molecule has 2 aliphatic heterocycles. The first kappa shape index (κ1) is 16.9. The van der Waals surface area contributed by atoms with Crippen LogP contribution in [-0.4, -0.2) is 71.0 Å². The summed E-state index contributed by atoms with van der Waals surface area (Å²) in [4.78, 5) is 2.32. The van der Waals surface area contributed by atoms with Crippen LogP contribution in [0, 0.1) is 0 Å². The lowest BCUT2D eigenvalue weighted by Crippen LogP contribution is -2.47. The standard InChI is InChI=1S/C15H27N5O2S/c1-17-15(6-7-16-17)14-18-8-5-11-20(13-12-18)23(21,22)19-9-3-2-4-10-19/h6-7H,2-5,8-14H2,1H3. The van der Waals surface area contributed by atoms with E-state index >= 15 is 0 Å². The quantitative estimate of drug-likeness (QED) is 0.807. The zero-order valence-electron chi connectivity index (χ0n) is 13.9. The van der Waals surface area contributed by atoms with Crippen molar-refractivity contribution in [2.24, 2.45) is 7.05 Å². The van der Waals surface area contributed by atoms with Crippen molar-refractivity contribution in [2.75, 3.05) is 39.3 Å². The second-order valence-corrected chi connectivity index (χ2v) is 8.37. The van der Waals surface area contributed by atoms with Crippen LogP contribution >= 0.6 is 0 Å². The van der Waals surface area contributed by atoms with Gasteiger partial charge in [0.25, 0.3) is 10.2 Å². The summed E-state index contributed by atoms with van der Waals surface area (Å²) < 4.78 is 30.8. The van der Waals surface area contributed by atoms with Crippen LogP contribution < -0.4 is 0 Å². The third-order valence-electron chi connectivity index (χ3n) is 4.82. The largest absolute Gasteiger partial charge is 0.296 e. The summed E-state index contributed by atoms with van der Waals surface area (Å²) in [7, 11) is -1.33. The van der Waals surface area contributed by atoms with Gasteiger partial charge in [0.2, 0.25) is 0 Å². The van der Waals surface area contributed by atoms with Crippen molar-refractivity contribution in [3.63, 3.8) is 0 Å². The van der Waals surface area contributed by atoms with Crippen LogP contribution in [0.2, 0.25) is 0 Å². The molecule has 1 aromatic rings. The Morgan fingerprint density at radius 2 is 1.65 bits per heavy atom. The van der Waals surface area contributed by atoms with Crippen molar-refractivity contribution < 1.29 is 8.42 Å². The zero-order valence-corrected chi connectivity index (χ0v) is 14.7. The molecule has 0 N–H and O–H groups in total. The Morgan fingerprint density at radius 3 is 2.35 bits per heavy atom. The smallest absolute Gasteiger partial charge is 0.282 e. The molecule has 0 spiro atoms. The highest BCUT2D eigenvalue weighted by atomic mass is 32.2. The number of aromatic nitrogens is 2. The molecule has 1 aromatic heterocycles. The molecule has 0 aliphatic carbocycles. The second-order valence-electron chi connectivity index (χ2n) is 6.44. The fraction of sp³-hybridized carbons (Fsp3) is 0.800. The maximum atomic E-state index is 12.8. The number of piperidine rings is 1. The first-order valence-electron chi connectivity index (χ1n) is 8.52. The molecule has 2 aliphatic rings. The molecule has 0 bridgehead atoms. The molecule has 0 atom stereocenters. The van der Waals surface area contributed by atoms with Gasteiger partial charge in [0.15, 0.2) is 0 Å². The summed E-state index contributed by atoms with van der Waals surface area (Å²) in [6.45, 7) is 5.09. The maximum Gasteiger partial charge on any atom is 0.282 e. The van der Waals surface area contributed by atoms with E-state index in [1.165, 1.54) is 0 Å². The molecule has 0 aromatic carbocycles. The molecule has 2 saturated heterocycles. The number of hydrogen-bond acceptors (Lipinski definition) is 4. The molecule has 2 fully saturated rings. The molecule has 8 heteroatoms. The van der Waals surface area contributed by atoms with E-state index in [1.807, 2.05) is 17.8 Å². The van der Waals surface area contributed by atoms with E-state index in [0.717, 1.165) is 51.0 Å². The van der Waals surface area contributed by atoms with Crippen LogP contribution in [0.15, 0.2) is 12.3 Å². The highest BCUT2D eigenvalue weighted by Crippen LogP contribution is 2.18. The van der Waals surface area contributed by atoms with Gasteiger partial charge in [0.1, 0.15) is 0 Å². The molecule has 0 radical (unpaired) electrons. The average Bonchev–Trinajstić information content (AvgIpc) is 2.82. The zero-order chi connectivity index (χ0) is 16.3. The van der Waals surface area contributed by atoms with Gasteiger partial charge in [-0.25, -0.2) is 0 Å².